The van der Waals surface area contributed by atoms with Crippen molar-refractivity contribution in [2.45, 2.75) is 37.8 Å². The second-order valence-corrected chi connectivity index (χ2v) is 9.14. The molecule has 3 rings (SSSR count). The van der Waals surface area contributed by atoms with Gasteiger partial charge >= 0.3 is 11.0 Å². The molecule has 1 aromatic carbocycles. The van der Waals surface area contributed by atoms with E-state index in [9.17, 15) is 27.9 Å². The number of nitrogens with zero attached hydrogens (tertiary/aromatic N) is 2. The Balaban J connectivity index is 1.58. The van der Waals surface area contributed by atoms with Gasteiger partial charge in [-0.15, -0.1) is 0 Å². The van der Waals surface area contributed by atoms with Gasteiger partial charge in [0.25, 0.3) is 5.91 Å². The highest BCUT2D eigenvalue weighted by Gasteiger charge is 2.41. The van der Waals surface area contributed by atoms with E-state index in [1.54, 1.807) is 18.2 Å². The number of thiazole rings is 1. The molecule has 32 heavy (non-hydrogen) atoms. The number of β-amino-alcohol motifs (C(OH)–C–C–N with tert-alkyl or cyclic N) is 1. The second kappa shape index (κ2) is 10.0. The van der Waals surface area contributed by atoms with Crippen LogP contribution in [0.2, 0.25) is 10.0 Å². The highest BCUT2D eigenvalue weighted by atomic mass is 35.5. The van der Waals surface area contributed by atoms with Gasteiger partial charge in [-0.3, -0.25) is 14.2 Å². The first-order valence-electron chi connectivity index (χ1n) is 9.58. The monoisotopic (exact) mass is 513 g/mol. The van der Waals surface area contributed by atoms with Gasteiger partial charge in [0, 0.05) is 25.7 Å². The summed E-state index contributed by atoms with van der Waals surface area (Å²) >= 11 is 12.0. The molecule has 0 saturated carbocycles. The number of piperidine rings is 1. The number of aliphatic hydroxyl groups excluding tert-OH is 1. The predicted octanol–water partition coefficient (Wildman–Crippen LogP) is 3.24. The molecule has 1 aliphatic rings. The van der Waals surface area contributed by atoms with Crippen molar-refractivity contribution >= 4 is 40.4 Å². The molecule has 0 unspecified atom stereocenters. The number of primary amides is 1. The van der Waals surface area contributed by atoms with Crippen LogP contribution in [-0.4, -0.2) is 52.3 Å². The third-order valence-corrected chi connectivity index (χ3v) is 6.71. The van der Waals surface area contributed by atoms with Gasteiger partial charge in [0.2, 0.25) is 0 Å². The molecule has 1 saturated heterocycles. The SMILES string of the molecule is NC(=O)c1sc(=O)n(C[C@H](O)CN2CCC(Oc3ccc(Cl)c(Cl)c3)CC2)c1C(F)(F)F. The summed E-state index contributed by atoms with van der Waals surface area (Å²) in [5.41, 5.74) is 3.56. The minimum absolute atomic E-state index is 0.0605. The molecule has 0 bridgehead atoms. The van der Waals surface area contributed by atoms with Crippen LogP contribution < -0.4 is 15.3 Å². The number of nitrogens with two attached hydrogens (primary N) is 1. The number of rotatable bonds is 7. The topological polar surface area (TPSA) is 97.8 Å². The molecule has 1 atom stereocenters. The van der Waals surface area contributed by atoms with Crippen LogP contribution in [0.25, 0.3) is 0 Å². The first kappa shape index (κ1) is 24.8. The number of carbonyl (C=O) groups excluding carboxylic acids is 1. The van der Waals surface area contributed by atoms with E-state index >= 15 is 0 Å². The van der Waals surface area contributed by atoms with Crippen LogP contribution in [-0.2, 0) is 12.7 Å². The fraction of sp³-hybridized carbons (Fsp3) is 0.474. The lowest BCUT2D eigenvalue weighted by atomic mass is 10.1. The zero-order valence-electron chi connectivity index (χ0n) is 16.6. The molecule has 2 aromatic rings. The summed E-state index contributed by atoms with van der Waals surface area (Å²) in [5.74, 6) is -0.753. The molecule has 0 spiro atoms. The Morgan fingerprint density at radius 2 is 1.91 bits per heavy atom. The summed E-state index contributed by atoms with van der Waals surface area (Å²) in [4.78, 5) is 23.3. The highest BCUT2D eigenvalue weighted by molar-refractivity contribution is 7.11. The number of carbonyl (C=O) groups is 1. The van der Waals surface area contributed by atoms with Crippen molar-refractivity contribution in [3.8, 4) is 5.75 Å². The molecule has 1 aliphatic heterocycles. The van der Waals surface area contributed by atoms with Crippen LogP contribution in [0.15, 0.2) is 23.0 Å². The van der Waals surface area contributed by atoms with Crippen molar-refractivity contribution in [2.75, 3.05) is 19.6 Å². The number of hydrogen-bond acceptors (Lipinski definition) is 6. The number of aromatic nitrogens is 1. The molecule has 1 fully saturated rings. The average molecular weight is 514 g/mol. The van der Waals surface area contributed by atoms with E-state index in [1.165, 1.54) is 0 Å². The highest BCUT2D eigenvalue weighted by Crippen LogP contribution is 2.33. The van der Waals surface area contributed by atoms with Gasteiger partial charge in [-0.25, -0.2) is 0 Å². The van der Waals surface area contributed by atoms with Gasteiger partial charge in [0.05, 0.1) is 22.7 Å². The summed E-state index contributed by atoms with van der Waals surface area (Å²) in [6, 6.07) is 4.97. The number of amides is 1. The summed E-state index contributed by atoms with van der Waals surface area (Å²) in [6.07, 6.45) is -5.04. The Kier molecular flexibility index (Phi) is 7.77. The van der Waals surface area contributed by atoms with Gasteiger partial charge < -0.3 is 20.5 Å². The fourth-order valence-electron chi connectivity index (χ4n) is 3.54. The van der Waals surface area contributed by atoms with Crippen molar-refractivity contribution in [3.63, 3.8) is 0 Å². The molecular formula is C19H20Cl2F3N3O4S. The van der Waals surface area contributed by atoms with Crippen LogP contribution >= 0.6 is 34.5 Å². The van der Waals surface area contributed by atoms with E-state index in [2.05, 4.69) is 0 Å². The van der Waals surface area contributed by atoms with Crippen molar-refractivity contribution in [2.24, 2.45) is 5.73 Å². The third kappa shape index (κ3) is 5.96. The van der Waals surface area contributed by atoms with E-state index in [-0.39, 0.29) is 24.0 Å². The van der Waals surface area contributed by atoms with Crippen LogP contribution in [0.4, 0.5) is 13.2 Å². The molecule has 0 radical (unpaired) electrons. The molecule has 1 amide bonds. The van der Waals surface area contributed by atoms with Gasteiger partial charge in [-0.1, -0.05) is 34.5 Å². The van der Waals surface area contributed by atoms with E-state index in [0.29, 0.717) is 46.3 Å². The maximum atomic E-state index is 13.4. The zero-order chi connectivity index (χ0) is 23.6. The Morgan fingerprint density at radius 3 is 2.47 bits per heavy atom. The minimum atomic E-state index is -4.95. The first-order valence-corrected chi connectivity index (χ1v) is 11.2. The number of aliphatic hydroxyl groups is 1. The maximum Gasteiger partial charge on any atom is 0.433 e. The van der Waals surface area contributed by atoms with E-state index in [0.717, 1.165) is 0 Å². The molecule has 176 valence electrons. The lowest BCUT2D eigenvalue weighted by Gasteiger charge is -2.33. The molecule has 7 nitrogen and oxygen atoms in total. The normalized spacial score (nSPS) is 16.8. The number of alkyl halides is 3. The van der Waals surface area contributed by atoms with Crippen LogP contribution in [0, 0.1) is 0 Å². The minimum Gasteiger partial charge on any atom is -0.490 e. The quantitative estimate of drug-likeness (QED) is 0.592. The van der Waals surface area contributed by atoms with E-state index < -0.39 is 40.2 Å². The Bertz CT molecular complexity index is 1040. The lowest BCUT2D eigenvalue weighted by Crippen LogP contribution is -2.43. The van der Waals surface area contributed by atoms with E-state index in [1.807, 2.05) is 4.90 Å². The molecule has 1 aromatic heterocycles. The fourth-order valence-corrected chi connectivity index (χ4v) is 4.70. The van der Waals surface area contributed by atoms with Crippen LogP contribution in [0.5, 0.6) is 5.75 Å². The molecular weight excluding hydrogens is 494 g/mol. The van der Waals surface area contributed by atoms with E-state index in [4.69, 9.17) is 33.7 Å². The zero-order valence-corrected chi connectivity index (χ0v) is 18.9. The van der Waals surface area contributed by atoms with Gasteiger partial charge in [-0.2, -0.15) is 13.2 Å². The smallest absolute Gasteiger partial charge is 0.433 e. The molecule has 0 aliphatic carbocycles. The van der Waals surface area contributed by atoms with Crippen molar-refractivity contribution < 1.29 is 27.8 Å². The average Bonchev–Trinajstić information content (AvgIpc) is 3.03. The van der Waals surface area contributed by atoms with Crippen molar-refractivity contribution in [3.05, 3.63) is 48.5 Å². The van der Waals surface area contributed by atoms with Gasteiger partial charge in [-0.05, 0) is 25.0 Å². The summed E-state index contributed by atoms with van der Waals surface area (Å²) in [6.45, 7) is 0.544. The summed E-state index contributed by atoms with van der Waals surface area (Å²) in [5, 5.41) is 11.1. The molecule has 3 N–H and O–H groups in total. The number of halogens is 5. The number of benzene rings is 1. The Labute approximate surface area is 195 Å². The second-order valence-electron chi connectivity index (χ2n) is 7.37. The number of ether oxygens (including phenoxy) is 1. The van der Waals surface area contributed by atoms with Gasteiger partial charge in [0.1, 0.15) is 22.4 Å². The van der Waals surface area contributed by atoms with Crippen LogP contribution in [0.1, 0.15) is 28.2 Å². The summed E-state index contributed by atoms with van der Waals surface area (Å²) < 4.78 is 46.4. The standard InChI is InChI=1S/C19H20Cl2F3N3O4S/c20-13-2-1-12(7-14(13)21)31-11-3-5-26(6-4-11)8-10(28)9-27-16(19(22,23)24)15(17(25)29)32-18(27)30/h1-2,7,10-11,28H,3-6,8-9H2,(H2,25,29)/t10-/m1/s1. The van der Waals surface area contributed by atoms with Crippen molar-refractivity contribution in [1.29, 1.82) is 0 Å². The lowest BCUT2D eigenvalue weighted by molar-refractivity contribution is -0.144. The predicted molar refractivity (Wildman–Crippen MR) is 115 cm³/mol. The van der Waals surface area contributed by atoms with Crippen LogP contribution in [0.3, 0.4) is 0 Å². The first-order chi connectivity index (χ1) is 15.0. The Hall–Kier alpha value is -1.79. The largest absolute Gasteiger partial charge is 0.490 e. The Morgan fingerprint density at radius 1 is 1.25 bits per heavy atom. The van der Waals surface area contributed by atoms with Crippen molar-refractivity contribution in [1.82, 2.24) is 9.47 Å². The van der Waals surface area contributed by atoms with Gasteiger partial charge in [0.15, 0.2) is 0 Å². The number of likely N-dealkylation sites (tertiary alicyclic amines) is 1. The maximum absolute atomic E-state index is 13.4. The summed E-state index contributed by atoms with van der Waals surface area (Å²) in [7, 11) is 0. The number of hydrogen-bond donors (Lipinski definition) is 2. The molecule has 2 heterocycles. The third-order valence-electron chi connectivity index (χ3n) is 4.98. The molecule has 13 heteroatoms.